The lowest BCUT2D eigenvalue weighted by Crippen LogP contribution is -2.61. The third kappa shape index (κ3) is 11.4. The zero-order valence-electron chi connectivity index (χ0n) is 82.2. The first kappa shape index (κ1) is 58.5. The molecule has 0 atom stereocenters. The van der Waals surface area contributed by atoms with Crippen molar-refractivity contribution in [2.24, 2.45) is 0 Å². The maximum Gasteiger partial charge on any atom is 0.252 e. The van der Waals surface area contributed by atoms with Gasteiger partial charge in [-0.05, 0) is 215 Å². The lowest BCUT2D eigenvalue weighted by Gasteiger charge is -2.47. The predicted octanol–water partition coefficient (Wildman–Crippen LogP) is 29.7. The summed E-state index contributed by atoms with van der Waals surface area (Å²) in [4.78, 5) is 4.80. The second-order valence-corrected chi connectivity index (χ2v) is 35.2. The van der Waals surface area contributed by atoms with Crippen LogP contribution in [-0.4, -0.2) is 15.8 Å². The van der Waals surface area contributed by atoms with Crippen LogP contribution in [-0.2, 0) is 16.2 Å². The molecule has 121 heavy (non-hydrogen) atoms. The molecule has 0 saturated heterocycles. The minimum Gasteiger partial charge on any atom is -0.456 e. The number of hydrogen-bond donors (Lipinski definition) is 0. The molecule has 0 aliphatic carbocycles. The summed E-state index contributed by atoms with van der Waals surface area (Å²) in [5, 5.41) is 3.74. The van der Waals surface area contributed by atoms with Gasteiger partial charge in [0.25, 0.3) is 6.71 Å². The molecule has 17 aromatic carbocycles. The smallest absolute Gasteiger partial charge is 0.252 e. The molecular formula is C114H87BN4O2. The van der Waals surface area contributed by atoms with Gasteiger partial charge in [0.1, 0.15) is 22.3 Å². The molecule has 23 rings (SSSR count). The molecule has 6 heterocycles. The van der Waals surface area contributed by atoms with E-state index in [0.29, 0.717) is 56.2 Å². The number of para-hydroxylation sites is 4. The van der Waals surface area contributed by atoms with Gasteiger partial charge in [0.15, 0.2) is 0 Å². The van der Waals surface area contributed by atoms with Crippen molar-refractivity contribution in [2.45, 2.75) is 78.6 Å². The Hall–Kier alpha value is -14.4. The highest BCUT2D eigenvalue weighted by atomic mass is 16.3. The van der Waals surface area contributed by atoms with Gasteiger partial charge in [-0.3, -0.25) is 0 Å². The Bertz CT molecular complexity index is 8250. The van der Waals surface area contributed by atoms with Crippen LogP contribution in [0.15, 0.2) is 372 Å². The molecule has 0 N–H and O–H groups in total. The van der Waals surface area contributed by atoms with Gasteiger partial charge in [0.05, 0.1) is 52.6 Å². The Balaban J connectivity index is 0.940. The lowest BCUT2D eigenvalue weighted by molar-refractivity contribution is 0.590. The van der Waals surface area contributed by atoms with Gasteiger partial charge in [0, 0.05) is 99.5 Å². The minimum atomic E-state index is -0.812. The van der Waals surface area contributed by atoms with Crippen LogP contribution in [0.4, 0.5) is 34.1 Å². The van der Waals surface area contributed by atoms with Crippen molar-refractivity contribution in [3.05, 3.63) is 380 Å². The highest BCUT2D eigenvalue weighted by molar-refractivity contribution is 7.00. The molecule has 7 heteroatoms. The van der Waals surface area contributed by atoms with E-state index in [9.17, 15) is 19.2 Å². The number of furan rings is 2. The van der Waals surface area contributed by atoms with Crippen molar-refractivity contribution < 1.29 is 28.0 Å². The average Bonchev–Trinajstić information content (AvgIpc) is 1.63. The number of anilines is 6. The Morgan fingerprint density at radius 3 is 1.04 bits per heavy atom. The molecule has 0 fully saturated rings. The highest BCUT2D eigenvalue weighted by Crippen LogP contribution is 2.58. The molecule has 2 aliphatic heterocycles. The number of nitrogens with zero attached hydrogens (tertiary/aromatic N) is 4. The molecule has 21 aromatic rings. The van der Waals surface area contributed by atoms with E-state index in [1.54, 1.807) is 57.7 Å². The normalized spacial score (nSPS) is 14.6. The SMILES string of the molecule is [2H]c1c([2H])c([2H])c2c(c1[2H])c1c([2H])c(-c3ccccc3)c([2H])c([2H])c1n2-c1ccc2c(c1)N(c1c(-c3ccccc3)cc(C(C)(C)C)cc1-c1cccc3oc4ccccc4c13)c1cc(C(C)(C)C)cc3c1B2c1ccc(-n2c4c([2H])c([2H])c([2H])c([2H])c4c4c([2H])c(-c5ccccc5)c([2H])c([2H])c42)cc1N3c1c(-c2ccccc2)cc(C(C)(C)C)cc1-c1cccc2oc3ccccc3c12. The summed E-state index contributed by atoms with van der Waals surface area (Å²) in [5.74, 6) is 0. The monoisotopic (exact) mass is 1570 g/mol. The van der Waals surface area contributed by atoms with E-state index in [4.69, 9.17) is 8.83 Å². The van der Waals surface area contributed by atoms with E-state index in [1.807, 2.05) is 97.1 Å². The molecule has 578 valence electrons. The van der Waals surface area contributed by atoms with E-state index >= 15 is 0 Å². The first-order valence-electron chi connectivity index (χ1n) is 48.3. The van der Waals surface area contributed by atoms with Gasteiger partial charge in [0.2, 0.25) is 0 Å². The average molecular weight is 1570 g/mol. The maximum absolute atomic E-state index is 10.5. The topological polar surface area (TPSA) is 42.6 Å². The van der Waals surface area contributed by atoms with E-state index in [0.717, 1.165) is 122 Å². The summed E-state index contributed by atoms with van der Waals surface area (Å²) in [6.45, 7) is 19.2. The van der Waals surface area contributed by atoms with Crippen molar-refractivity contribution in [1.82, 2.24) is 9.13 Å². The van der Waals surface area contributed by atoms with Crippen molar-refractivity contribution >= 4 is 145 Å². The molecular weight excluding hydrogens is 1470 g/mol. The van der Waals surface area contributed by atoms with Gasteiger partial charge >= 0.3 is 0 Å². The fourth-order valence-corrected chi connectivity index (χ4v) is 18.9. The Morgan fingerprint density at radius 2 is 0.628 bits per heavy atom. The fourth-order valence-electron chi connectivity index (χ4n) is 18.9. The van der Waals surface area contributed by atoms with Crippen LogP contribution in [0.1, 0.15) is 98.2 Å². The summed E-state index contributed by atoms with van der Waals surface area (Å²) in [5.41, 5.74) is 19.4. The van der Waals surface area contributed by atoms with Crippen LogP contribution < -0.4 is 26.2 Å². The van der Waals surface area contributed by atoms with Crippen LogP contribution in [0.5, 0.6) is 0 Å². The molecule has 4 aromatic heterocycles. The van der Waals surface area contributed by atoms with Crippen molar-refractivity contribution in [1.29, 1.82) is 0 Å². The highest BCUT2D eigenvalue weighted by Gasteiger charge is 2.47. The number of aromatic nitrogens is 2. The second-order valence-electron chi connectivity index (χ2n) is 35.2. The molecule has 0 amide bonds. The standard InChI is InChI=1S/C114H87BN4O2/c1-112(2,3)76-62-87(72-36-18-12-19-37-72)110(91(64-76)83-44-30-50-105-107(83)85-42-24-28-48-103(85)120-105)118-99-68-79(116-95-46-26-22-40-81(95)89-60-74(52-58-97(89)116)70-32-14-10-15-33-70)54-56-93(99)115-94-57-55-80(117-96-47-27-23-41-82(96)90-61-75(53-59-98(90)117)71-34-16-11-17-35-71)69-100(94)119(102-67-78(114(7,8)9)66-101(118)109(102)115)111-88(73-38-20-13-21-39-73)63-77(113(4,5)6)65-92(111)84-45-31-51-106-108(84)86-43-25-29-49-104(86)121-106/h10-69H,1-9H3/i22D,23D,26D,27D,40D,41D,46D,47D,52D,53D,58D,59D,60D,61D. The first-order valence-corrected chi connectivity index (χ1v) is 41.3. The van der Waals surface area contributed by atoms with Crippen LogP contribution in [0, 0.1) is 0 Å². The van der Waals surface area contributed by atoms with Crippen molar-refractivity contribution in [2.75, 3.05) is 9.80 Å². The zero-order chi connectivity index (χ0) is 93.7. The zero-order valence-corrected chi connectivity index (χ0v) is 68.2. The predicted molar refractivity (Wildman–Crippen MR) is 512 cm³/mol. The number of rotatable bonds is 10. The Morgan fingerprint density at radius 1 is 0.273 bits per heavy atom. The quantitative estimate of drug-likeness (QED) is 0.128. The van der Waals surface area contributed by atoms with Gasteiger partial charge in [-0.25, -0.2) is 0 Å². The van der Waals surface area contributed by atoms with E-state index in [1.165, 1.54) is 0 Å². The fraction of sp³-hybridized carbons (Fsp3) is 0.105. The summed E-state index contributed by atoms with van der Waals surface area (Å²) < 4.78 is 158. The van der Waals surface area contributed by atoms with Crippen molar-refractivity contribution in [3.63, 3.8) is 0 Å². The molecule has 2 aliphatic rings. The van der Waals surface area contributed by atoms with E-state index in [-0.39, 0.29) is 91.0 Å². The molecule has 0 saturated carbocycles. The van der Waals surface area contributed by atoms with Gasteiger partial charge < -0.3 is 27.8 Å². The molecule has 0 unspecified atom stereocenters. The molecule has 0 bridgehead atoms. The van der Waals surface area contributed by atoms with Crippen LogP contribution in [0.3, 0.4) is 0 Å². The van der Waals surface area contributed by atoms with Crippen molar-refractivity contribution in [3.8, 4) is 78.1 Å². The summed E-state index contributed by atoms with van der Waals surface area (Å²) in [6, 6.07) is 88.3. The molecule has 6 nitrogen and oxygen atoms in total. The maximum atomic E-state index is 10.5. The minimum absolute atomic E-state index is 0.00579. The third-order valence-corrected chi connectivity index (χ3v) is 24.8. The van der Waals surface area contributed by atoms with Gasteiger partial charge in [-0.1, -0.05) is 305 Å². The van der Waals surface area contributed by atoms with E-state index < -0.39 is 71.3 Å². The summed E-state index contributed by atoms with van der Waals surface area (Å²) in [6.07, 6.45) is 0. The van der Waals surface area contributed by atoms with Crippen LogP contribution in [0.2, 0.25) is 0 Å². The first-order chi connectivity index (χ1) is 64.8. The lowest BCUT2D eigenvalue weighted by atomic mass is 9.33. The Kier molecular flexibility index (Phi) is 13.1. The van der Waals surface area contributed by atoms with Crippen LogP contribution >= 0.6 is 0 Å². The number of fused-ring (bicyclic) bond motifs is 16. The number of hydrogen-bond acceptors (Lipinski definition) is 4. The summed E-state index contributed by atoms with van der Waals surface area (Å²) >= 11 is 0. The number of benzene rings is 17. The third-order valence-electron chi connectivity index (χ3n) is 24.8. The molecule has 0 radical (unpaired) electrons. The van der Waals surface area contributed by atoms with E-state index in [2.05, 4.69) is 206 Å². The Labute approximate surface area is 724 Å². The molecule has 0 spiro atoms. The second kappa shape index (κ2) is 27.1. The van der Waals surface area contributed by atoms with Crippen LogP contribution in [0.25, 0.3) is 166 Å². The summed E-state index contributed by atoms with van der Waals surface area (Å²) in [7, 11) is 0. The van der Waals surface area contributed by atoms with Gasteiger partial charge in [-0.2, -0.15) is 0 Å². The van der Waals surface area contributed by atoms with Gasteiger partial charge in [-0.15, -0.1) is 0 Å². The largest absolute Gasteiger partial charge is 0.456 e.